The Labute approximate surface area is 102 Å². The van der Waals surface area contributed by atoms with Crippen molar-refractivity contribution in [2.45, 2.75) is 11.9 Å². The number of sulfonamides is 1. The summed E-state index contributed by atoms with van der Waals surface area (Å²) < 4.78 is 27.6. The van der Waals surface area contributed by atoms with Crippen LogP contribution in [0.5, 0.6) is 0 Å². The molecular formula is C7H10N6O2S2. The molecule has 2 aromatic rings. The Kier molecular flexibility index (Phi) is 2.75. The van der Waals surface area contributed by atoms with Crippen molar-refractivity contribution in [2.75, 3.05) is 10.5 Å². The van der Waals surface area contributed by atoms with Crippen LogP contribution in [0.2, 0.25) is 0 Å². The van der Waals surface area contributed by atoms with Crippen LogP contribution in [0.4, 0.5) is 10.9 Å². The number of nitrogens with one attached hydrogen (secondary N) is 1. The van der Waals surface area contributed by atoms with Gasteiger partial charge in [0.15, 0.2) is 10.8 Å². The maximum atomic E-state index is 12.0. The van der Waals surface area contributed by atoms with Gasteiger partial charge in [0.2, 0.25) is 5.13 Å². The molecule has 17 heavy (non-hydrogen) atoms. The molecule has 0 amide bonds. The van der Waals surface area contributed by atoms with Crippen molar-refractivity contribution in [1.82, 2.24) is 19.7 Å². The largest absolute Gasteiger partial charge is 0.381 e. The average Bonchev–Trinajstić information content (AvgIpc) is 2.73. The van der Waals surface area contributed by atoms with Crippen molar-refractivity contribution in [2.24, 2.45) is 7.05 Å². The van der Waals surface area contributed by atoms with E-state index in [0.29, 0.717) is 5.01 Å². The lowest BCUT2D eigenvalue weighted by Crippen LogP contribution is -2.17. The van der Waals surface area contributed by atoms with Crippen LogP contribution in [0.15, 0.2) is 11.4 Å². The molecule has 0 atom stereocenters. The second-order valence-electron chi connectivity index (χ2n) is 3.28. The number of hydrogen-bond donors (Lipinski definition) is 2. The third kappa shape index (κ3) is 2.22. The van der Waals surface area contributed by atoms with Crippen LogP contribution in [-0.4, -0.2) is 28.2 Å². The second-order valence-corrected chi connectivity index (χ2v) is 6.06. The second kappa shape index (κ2) is 3.96. The summed E-state index contributed by atoms with van der Waals surface area (Å²) >= 11 is 1.14. The molecule has 8 nitrogen and oxygen atoms in total. The fourth-order valence-electron chi connectivity index (χ4n) is 1.27. The topological polar surface area (TPSA) is 116 Å². The predicted octanol–water partition coefficient (Wildman–Crippen LogP) is -0.0370. The van der Waals surface area contributed by atoms with E-state index in [0.717, 1.165) is 11.3 Å². The molecule has 0 fully saturated rings. The van der Waals surface area contributed by atoms with E-state index in [4.69, 9.17) is 5.73 Å². The molecule has 2 heterocycles. The van der Waals surface area contributed by atoms with Gasteiger partial charge >= 0.3 is 0 Å². The number of nitrogens with zero attached hydrogens (tertiary/aromatic N) is 4. The summed E-state index contributed by atoms with van der Waals surface area (Å²) in [4.78, 5) is 3.72. The number of aryl methyl sites for hydroxylation is 2. The van der Waals surface area contributed by atoms with E-state index >= 15 is 0 Å². The Morgan fingerprint density at radius 3 is 2.65 bits per heavy atom. The monoisotopic (exact) mass is 274 g/mol. The Hall–Kier alpha value is -1.68. The first kappa shape index (κ1) is 11.8. The van der Waals surface area contributed by atoms with Gasteiger partial charge in [-0.25, -0.2) is 4.98 Å². The summed E-state index contributed by atoms with van der Waals surface area (Å²) in [7, 11) is -2.24. The summed E-state index contributed by atoms with van der Waals surface area (Å²) in [5.74, 6) is -0.0544. The Balaban J connectivity index is 2.38. The van der Waals surface area contributed by atoms with Gasteiger partial charge in [0.25, 0.3) is 10.0 Å². The number of imidazole rings is 1. The van der Waals surface area contributed by atoms with E-state index in [9.17, 15) is 8.42 Å². The van der Waals surface area contributed by atoms with E-state index < -0.39 is 10.0 Å². The van der Waals surface area contributed by atoms with Crippen molar-refractivity contribution in [3.8, 4) is 0 Å². The molecule has 0 saturated heterocycles. The van der Waals surface area contributed by atoms with Crippen molar-refractivity contribution in [1.29, 1.82) is 0 Å². The Bertz CT molecular complexity index is 624. The van der Waals surface area contributed by atoms with E-state index in [1.54, 1.807) is 14.0 Å². The van der Waals surface area contributed by atoms with Gasteiger partial charge in [0, 0.05) is 7.05 Å². The van der Waals surface area contributed by atoms with E-state index in [-0.39, 0.29) is 16.0 Å². The molecule has 2 aromatic heterocycles. The summed E-state index contributed by atoms with van der Waals surface area (Å²) in [6.07, 6.45) is 1.33. The molecule has 0 unspecified atom stereocenters. The van der Waals surface area contributed by atoms with E-state index in [2.05, 4.69) is 19.9 Å². The zero-order valence-electron chi connectivity index (χ0n) is 9.08. The highest BCUT2D eigenvalue weighted by Gasteiger charge is 2.23. The average molecular weight is 274 g/mol. The predicted molar refractivity (Wildman–Crippen MR) is 63.1 cm³/mol. The molecule has 0 aliphatic rings. The number of nitrogen functional groups attached to an aromatic ring is 1. The van der Waals surface area contributed by atoms with E-state index in [1.165, 1.54) is 10.9 Å². The first-order valence-corrected chi connectivity index (χ1v) is 6.80. The third-order valence-corrected chi connectivity index (χ3v) is 4.26. The fraction of sp³-hybridized carbons (Fsp3) is 0.286. The van der Waals surface area contributed by atoms with Crippen LogP contribution in [-0.2, 0) is 17.1 Å². The lowest BCUT2D eigenvalue weighted by Gasteiger charge is -2.05. The van der Waals surface area contributed by atoms with Gasteiger partial charge in [-0.05, 0) is 6.92 Å². The molecule has 2 rings (SSSR count). The molecular weight excluding hydrogens is 264 g/mol. The summed E-state index contributed by atoms with van der Waals surface area (Å²) in [5.41, 5.74) is 5.50. The van der Waals surface area contributed by atoms with Gasteiger partial charge in [-0.15, -0.1) is 10.2 Å². The Morgan fingerprint density at radius 2 is 2.18 bits per heavy atom. The standard InChI is InChI=1S/C7H10N6O2S2/c1-4-10-11-7(16-4)12-17(14,15)6-5(8)9-3-13(6)2/h3H,8H2,1-2H3,(H,11,12). The molecule has 0 aromatic carbocycles. The highest BCUT2D eigenvalue weighted by Crippen LogP contribution is 2.21. The smallest absolute Gasteiger partial charge is 0.283 e. The maximum Gasteiger partial charge on any atom is 0.283 e. The van der Waals surface area contributed by atoms with Gasteiger partial charge in [0.1, 0.15) is 5.01 Å². The highest BCUT2D eigenvalue weighted by molar-refractivity contribution is 7.93. The highest BCUT2D eigenvalue weighted by atomic mass is 32.2. The normalized spacial score (nSPS) is 11.6. The summed E-state index contributed by atoms with van der Waals surface area (Å²) in [6, 6.07) is 0. The Morgan fingerprint density at radius 1 is 1.47 bits per heavy atom. The molecule has 0 radical (unpaired) electrons. The van der Waals surface area contributed by atoms with Crippen molar-refractivity contribution in [3.63, 3.8) is 0 Å². The van der Waals surface area contributed by atoms with E-state index in [1.807, 2.05) is 0 Å². The number of hydrogen-bond acceptors (Lipinski definition) is 7. The summed E-state index contributed by atoms with van der Waals surface area (Å²) in [6.45, 7) is 1.73. The molecule has 92 valence electrons. The molecule has 0 aliphatic heterocycles. The first-order chi connectivity index (χ1) is 7.90. The minimum absolute atomic E-state index is 0.0544. The molecule has 10 heteroatoms. The zero-order chi connectivity index (χ0) is 12.6. The van der Waals surface area contributed by atoms with Gasteiger partial charge in [-0.2, -0.15) is 8.42 Å². The number of rotatable bonds is 3. The van der Waals surface area contributed by atoms with Crippen LogP contribution in [0.3, 0.4) is 0 Å². The molecule has 0 spiro atoms. The molecule has 3 N–H and O–H groups in total. The van der Waals surface area contributed by atoms with Gasteiger partial charge in [-0.3, -0.25) is 4.72 Å². The fourth-order valence-corrected chi connectivity index (χ4v) is 3.33. The van der Waals surface area contributed by atoms with Gasteiger partial charge < -0.3 is 10.3 Å². The number of aromatic nitrogens is 4. The number of nitrogens with two attached hydrogens (primary N) is 1. The molecule has 0 aliphatic carbocycles. The molecule has 0 saturated carbocycles. The minimum atomic E-state index is -3.78. The lowest BCUT2D eigenvalue weighted by molar-refractivity contribution is 0.591. The first-order valence-electron chi connectivity index (χ1n) is 4.50. The van der Waals surface area contributed by atoms with Crippen LogP contribution >= 0.6 is 11.3 Å². The number of anilines is 2. The van der Waals surface area contributed by atoms with Gasteiger partial charge in [0.05, 0.1) is 6.33 Å². The van der Waals surface area contributed by atoms with Crippen LogP contribution in [0, 0.1) is 6.92 Å². The van der Waals surface area contributed by atoms with Crippen LogP contribution in [0.25, 0.3) is 0 Å². The van der Waals surface area contributed by atoms with Crippen molar-refractivity contribution >= 4 is 32.3 Å². The van der Waals surface area contributed by atoms with Gasteiger partial charge in [-0.1, -0.05) is 11.3 Å². The van der Waals surface area contributed by atoms with Crippen LogP contribution in [0.1, 0.15) is 5.01 Å². The van der Waals surface area contributed by atoms with Crippen molar-refractivity contribution in [3.05, 3.63) is 11.3 Å². The third-order valence-electron chi connectivity index (χ3n) is 1.91. The molecule has 0 bridgehead atoms. The van der Waals surface area contributed by atoms with Crippen molar-refractivity contribution < 1.29 is 8.42 Å². The zero-order valence-corrected chi connectivity index (χ0v) is 10.7. The minimum Gasteiger partial charge on any atom is -0.381 e. The summed E-state index contributed by atoms with van der Waals surface area (Å²) in [5, 5.41) is 8.17. The lowest BCUT2D eigenvalue weighted by atomic mass is 10.8. The quantitative estimate of drug-likeness (QED) is 0.811. The SMILES string of the molecule is Cc1nnc(NS(=O)(=O)c2c(N)ncn2C)s1. The maximum absolute atomic E-state index is 12.0. The van der Waals surface area contributed by atoms with Crippen LogP contribution < -0.4 is 10.5 Å².